The largest absolute Gasteiger partial charge is 0.300 e. The maximum atomic E-state index is 11.6. The number of hydrogen-bond acceptors (Lipinski definition) is 2. The van der Waals surface area contributed by atoms with Crippen LogP contribution in [0.15, 0.2) is 36.4 Å². The van der Waals surface area contributed by atoms with E-state index in [0.717, 1.165) is 38.8 Å². The first-order valence-corrected chi connectivity index (χ1v) is 7.33. The van der Waals surface area contributed by atoms with Crippen molar-refractivity contribution < 1.29 is 4.79 Å². The van der Waals surface area contributed by atoms with Crippen LogP contribution < -0.4 is 0 Å². The third kappa shape index (κ3) is 2.95. The number of rotatable bonds is 2. The lowest BCUT2D eigenvalue weighted by Crippen LogP contribution is -2.41. The first kappa shape index (κ1) is 12.6. The Bertz CT molecular complexity index is 477. The fourth-order valence-corrected chi connectivity index (χ4v) is 3.24. The van der Waals surface area contributed by atoms with Crippen molar-refractivity contribution in [1.82, 2.24) is 4.90 Å². The van der Waals surface area contributed by atoms with Crippen LogP contribution in [0.25, 0.3) is 5.57 Å². The van der Waals surface area contributed by atoms with Crippen LogP contribution in [0.5, 0.6) is 0 Å². The zero-order valence-electron chi connectivity index (χ0n) is 11.3. The smallest absolute Gasteiger partial charge is 0.134 e. The fraction of sp³-hybridized carbons (Fsp3) is 0.471. The predicted octanol–water partition coefficient (Wildman–Crippen LogP) is 3.29. The fourth-order valence-electron chi connectivity index (χ4n) is 3.24. The van der Waals surface area contributed by atoms with Gasteiger partial charge in [-0.25, -0.2) is 0 Å². The SMILES string of the molecule is O=C1CCC[C@H](N2CC=C(c3ccccc3)CC2)C1. The van der Waals surface area contributed by atoms with Gasteiger partial charge < -0.3 is 0 Å². The summed E-state index contributed by atoms with van der Waals surface area (Å²) in [5.74, 6) is 0.453. The van der Waals surface area contributed by atoms with Crippen LogP contribution in [0.1, 0.15) is 37.7 Å². The first-order valence-electron chi connectivity index (χ1n) is 7.33. The molecule has 3 rings (SSSR count). The number of benzene rings is 1. The van der Waals surface area contributed by atoms with Gasteiger partial charge in [0.05, 0.1) is 0 Å². The van der Waals surface area contributed by atoms with Gasteiger partial charge >= 0.3 is 0 Å². The van der Waals surface area contributed by atoms with Crippen LogP contribution in [0, 0.1) is 0 Å². The molecule has 1 aromatic rings. The van der Waals surface area contributed by atoms with Crippen LogP contribution in [0.4, 0.5) is 0 Å². The van der Waals surface area contributed by atoms with Crippen molar-refractivity contribution in [2.24, 2.45) is 0 Å². The van der Waals surface area contributed by atoms with Gasteiger partial charge in [0.2, 0.25) is 0 Å². The Hall–Kier alpha value is -1.41. The van der Waals surface area contributed by atoms with Crippen molar-refractivity contribution in [3.63, 3.8) is 0 Å². The van der Waals surface area contributed by atoms with Crippen LogP contribution in [0.3, 0.4) is 0 Å². The van der Waals surface area contributed by atoms with E-state index in [-0.39, 0.29) is 0 Å². The van der Waals surface area contributed by atoms with E-state index in [2.05, 4.69) is 41.3 Å². The number of nitrogens with zero attached hydrogens (tertiary/aromatic N) is 1. The van der Waals surface area contributed by atoms with Crippen LogP contribution in [-0.4, -0.2) is 29.8 Å². The summed E-state index contributed by atoms with van der Waals surface area (Å²) in [7, 11) is 0. The number of ketones is 1. The molecule has 0 amide bonds. The van der Waals surface area contributed by atoms with E-state index in [9.17, 15) is 4.79 Å². The van der Waals surface area contributed by atoms with Crippen molar-refractivity contribution in [3.05, 3.63) is 42.0 Å². The third-order valence-electron chi connectivity index (χ3n) is 4.36. The maximum Gasteiger partial charge on any atom is 0.134 e. The van der Waals surface area contributed by atoms with E-state index >= 15 is 0 Å². The standard InChI is InChI=1S/C17H21NO/c19-17-8-4-7-16(13-17)18-11-9-15(10-12-18)14-5-2-1-3-6-14/h1-3,5-6,9,16H,4,7-8,10-13H2/t16-/m0/s1. The van der Waals surface area contributed by atoms with E-state index in [4.69, 9.17) is 0 Å². The molecule has 100 valence electrons. The summed E-state index contributed by atoms with van der Waals surface area (Å²) >= 11 is 0. The maximum absolute atomic E-state index is 11.6. The van der Waals surface area contributed by atoms with Crippen LogP contribution >= 0.6 is 0 Å². The molecular weight excluding hydrogens is 234 g/mol. The van der Waals surface area contributed by atoms with E-state index in [1.807, 2.05) is 0 Å². The lowest BCUT2D eigenvalue weighted by Gasteiger charge is -2.35. The molecule has 0 saturated heterocycles. The van der Waals surface area contributed by atoms with Crippen molar-refractivity contribution in [2.75, 3.05) is 13.1 Å². The molecule has 2 nitrogen and oxygen atoms in total. The first-order chi connectivity index (χ1) is 9.33. The molecule has 19 heavy (non-hydrogen) atoms. The number of Topliss-reactive ketones (excluding diaryl/α,β-unsaturated/α-hetero) is 1. The lowest BCUT2D eigenvalue weighted by atomic mass is 9.91. The Kier molecular flexibility index (Phi) is 3.79. The highest BCUT2D eigenvalue weighted by Crippen LogP contribution is 2.27. The van der Waals surface area contributed by atoms with Crippen LogP contribution in [0.2, 0.25) is 0 Å². The lowest BCUT2D eigenvalue weighted by molar-refractivity contribution is -0.121. The molecule has 2 heteroatoms. The van der Waals surface area contributed by atoms with Crippen molar-refractivity contribution in [3.8, 4) is 0 Å². The number of hydrogen-bond donors (Lipinski definition) is 0. The Morgan fingerprint density at radius 2 is 1.95 bits per heavy atom. The van der Waals surface area contributed by atoms with E-state index in [1.54, 1.807) is 0 Å². The highest BCUT2D eigenvalue weighted by Gasteiger charge is 2.26. The average molecular weight is 255 g/mol. The molecule has 1 atom stereocenters. The number of carbonyl (C=O) groups excluding carboxylic acids is 1. The molecule has 1 heterocycles. The highest BCUT2D eigenvalue weighted by molar-refractivity contribution is 5.79. The molecule has 0 unspecified atom stereocenters. The second kappa shape index (κ2) is 5.70. The number of carbonyl (C=O) groups is 1. The van der Waals surface area contributed by atoms with Gasteiger partial charge in [0.25, 0.3) is 0 Å². The quantitative estimate of drug-likeness (QED) is 0.808. The second-order valence-corrected chi connectivity index (χ2v) is 5.63. The summed E-state index contributed by atoms with van der Waals surface area (Å²) in [5.41, 5.74) is 2.81. The topological polar surface area (TPSA) is 20.3 Å². The van der Waals surface area contributed by atoms with Gasteiger partial charge in [-0.15, -0.1) is 0 Å². The monoisotopic (exact) mass is 255 g/mol. The molecule has 0 spiro atoms. The van der Waals surface area contributed by atoms with E-state index in [0.29, 0.717) is 11.8 Å². The summed E-state index contributed by atoms with van der Waals surface area (Å²) in [4.78, 5) is 14.0. The molecule has 0 radical (unpaired) electrons. The molecule has 1 aromatic carbocycles. The Morgan fingerprint density at radius 3 is 2.63 bits per heavy atom. The Morgan fingerprint density at radius 1 is 1.11 bits per heavy atom. The molecule has 1 fully saturated rings. The normalized spacial score (nSPS) is 25.2. The Labute approximate surface area is 115 Å². The van der Waals surface area contributed by atoms with Crippen molar-refractivity contribution in [1.29, 1.82) is 0 Å². The molecule has 0 bridgehead atoms. The minimum absolute atomic E-state index is 0.453. The highest BCUT2D eigenvalue weighted by atomic mass is 16.1. The summed E-state index contributed by atoms with van der Waals surface area (Å²) in [6.45, 7) is 2.10. The summed E-state index contributed by atoms with van der Waals surface area (Å²) in [6.07, 6.45) is 7.30. The zero-order chi connectivity index (χ0) is 13.1. The van der Waals surface area contributed by atoms with Crippen LogP contribution in [-0.2, 0) is 4.79 Å². The molecule has 0 N–H and O–H groups in total. The van der Waals surface area contributed by atoms with E-state index in [1.165, 1.54) is 17.6 Å². The van der Waals surface area contributed by atoms with Gasteiger partial charge in [0, 0.05) is 32.0 Å². The minimum atomic E-state index is 0.453. The minimum Gasteiger partial charge on any atom is -0.300 e. The van der Waals surface area contributed by atoms with Crippen molar-refractivity contribution >= 4 is 11.4 Å². The molecule has 1 aliphatic heterocycles. The third-order valence-corrected chi connectivity index (χ3v) is 4.36. The summed E-state index contributed by atoms with van der Waals surface area (Å²) < 4.78 is 0. The van der Waals surface area contributed by atoms with Gasteiger partial charge in [0.1, 0.15) is 5.78 Å². The second-order valence-electron chi connectivity index (χ2n) is 5.63. The van der Waals surface area contributed by atoms with Crippen molar-refractivity contribution in [2.45, 2.75) is 38.1 Å². The summed E-state index contributed by atoms with van der Waals surface area (Å²) in [5, 5.41) is 0. The zero-order valence-corrected chi connectivity index (χ0v) is 11.3. The molecule has 0 aromatic heterocycles. The van der Waals surface area contributed by atoms with Gasteiger partial charge in [-0.05, 0) is 30.4 Å². The molecule has 1 saturated carbocycles. The molecular formula is C17H21NO. The average Bonchev–Trinajstić information content (AvgIpc) is 2.48. The molecule has 1 aliphatic carbocycles. The molecule has 2 aliphatic rings. The Balaban J connectivity index is 1.65. The van der Waals surface area contributed by atoms with Gasteiger partial charge in [-0.1, -0.05) is 36.4 Å². The van der Waals surface area contributed by atoms with Gasteiger partial charge in [-0.2, -0.15) is 0 Å². The predicted molar refractivity (Wildman–Crippen MR) is 77.9 cm³/mol. The van der Waals surface area contributed by atoms with E-state index < -0.39 is 0 Å². The van der Waals surface area contributed by atoms with Gasteiger partial charge in [0.15, 0.2) is 0 Å². The summed E-state index contributed by atoms with van der Waals surface area (Å²) in [6, 6.07) is 11.1. The van der Waals surface area contributed by atoms with Gasteiger partial charge in [-0.3, -0.25) is 9.69 Å².